The Hall–Kier alpha value is -2.42. The van der Waals surface area contributed by atoms with Crippen molar-refractivity contribution in [2.75, 3.05) is 0 Å². The number of hydrogen-bond acceptors (Lipinski definition) is 1. The fourth-order valence-electron chi connectivity index (χ4n) is 2.69. The van der Waals surface area contributed by atoms with Gasteiger partial charge in [0.2, 0.25) is 0 Å². The molecule has 2 nitrogen and oxygen atoms in total. The molecular weight excluding hydrogens is 265 g/mol. The van der Waals surface area contributed by atoms with E-state index in [1.807, 2.05) is 35.8 Å². The summed E-state index contributed by atoms with van der Waals surface area (Å²) in [5.74, 6) is -0.345. The molecule has 106 valence electrons. The molecule has 0 saturated carbocycles. The zero-order chi connectivity index (χ0) is 15.0. The number of nitrogens with zero attached hydrogens (tertiary/aromatic N) is 1. The Balaban J connectivity index is 2.19. The van der Waals surface area contributed by atoms with E-state index >= 15 is 0 Å². The lowest BCUT2D eigenvalue weighted by Crippen LogP contribution is -2.01. The first kappa shape index (κ1) is 13.6. The van der Waals surface area contributed by atoms with Crippen molar-refractivity contribution in [2.24, 2.45) is 0 Å². The summed E-state index contributed by atoms with van der Waals surface area (Å²) >= 11 is 0. The van der Waals surface area contributed by atoms with Gasteiger partial charge in [-0.3, -0.25) is 4.79 Å². The fraction of sp³-hybridized carbons (Fsp3) is 0.167. The quantitative estimate of drug-likeness (QED) is 0.655. The number of Topliss-reactive ketones (excluding diaryl/α,β-unsaturated/α-hetero) is 1. The molecule has 0 unspecified atom stereocenters. The summed E-state index contributed by atoms with van der Waals surface area (Å²) in [7, 11) is 0. The number of halogens is 1. The van der Waals surface area contributed by atoms with Gasteiger partial charge in [-0.2, -0.15) is 0 Å². The zero-order valence-corrected chi connectivity index (χ0v) is 12.1. The van der Waals surface area contributed by atoms with Gasteiger partial charge in [-0.25, -0.2) is 4.39 Å². The summed E-state index contributed by atoms with van der Waals surface area (Å²) in [6.45, 7) is 4.10. The van der Waals surface area contributed by atoms with Crippen LogP contribution in [0.4, 0.5) is 4.39 Å². The van der Waals surface area contributed by atoms with E-state index in [2.05, 4.69) is 0 Å². The molecular formula is C18H16FNO. The summed E-state index contributed by atoms with van der Waals surface area (Å²) in [6.07, 6.45) is 1.75. The number of benzene rings is 2. The summed E-state index contributed by atoms with van der Waals surface area (Å²) in [6, 6.07) is 12.9. The maximum absolute atomic E-state index is 14.2. The molecule has 1 aromatic heterocycles. The predicted molar refractivity (Wildman–Crippen MR) is 82.2 cm³/mol. The van der Waals surface area contributed by atoms with Gasteiger partial charge in [0.1, 0.15) is 5.82 Å². The van der Waals surface area contributed by atoms with Crippen LogP contribution in [0.2, 0.25) is 0 Å². The Morgan fingerprint density at radius 1 is 1.14 bits per heavy atom. The van der Waals surface area contributed by atoms with Crippen molar-refractivity contribution in [1.82, 2.24) is 4.57 Å². The molecule has 0 aliphatic carbocycles. The van der Waals surface area contributed by atoms with Gasteiger partial charge in [0, 0.05) is 23.7 Å². The van der Waals surface area contributed by atoms with E-state index in [-0.39, 0.29) is 11.6 Å². The monoisotopic (exact) mass is 281 g/mol. The second kappa shape index (κ2) is 5.17. The molecule has 3 rings (SSSR count). The van der Waals surface area contributed by atoms with Crippen LogP contribution in [0.25, 0.3) is 10.9 Å². The lowest BCUT2D eigenvalue weighted by Gasteiger charge is -2.08. The highest BCUT2D eigenvalue weighted by Gasteiger charge is 2.15. The van der Waals surface area contributed by atoms with Crippen LogP contribution in [0.1, 0.15) is 28.4 Å². The van der Waals surface area contributed by atoms with Crippen molar-refractivity contribution >= 4 is 16.7 Å². The molecule has 0 atom stereocenters. The fourth-order valence-corrected chi connectivity index (χ4v) is 2.69. The number of fused-ring (bicyclic) bond motifs is 1. The van der Waals surface area contributed by atoms with E-state index in [9.17, 15) is 9.18 Å². The Morgan fingerprint density at radius 3 is 2.62 bits per heavy atom. The van der Waals surface area contributed by atoms with E-state index in [4.69, 9.17) is 0 Å². The maximum atomic E-state index is 14.2. The van der Waals surface area contributed by atoms with Gasteiger partial charge >= 0.3 is 0 Å². The average Bonchev–Trinajstić information content (AvgIpc) is 2.82. The van der Waals surface area contributed by atoms with Crippen LogP contribution in [-0.2, 0) is 6.54 Å². The van der Waals surface area contributed by atoms with Gasteiger partial charge in [-0.15, -0.1) is 0 Å². The maximum Gasteiger partial charge on any atom is 0.161 e. The van der Waals surface area contributed by atoms with Crippen molar-refractivity contribution < 1.29 is 9.18 Å². The molecule has 3 heteroatoms. The van der Waals surface area contributed by atoms with E-state index in [0.29, 0.717) is 23.0 Å². The summed E-state index contributed by atoms with van der Waals surface area (Å²) in [5, 5.41) is 0.677. The molecule has 1 heterocycles. The third kappa shape index (κ3) is 2.35. The molecule has 0 aliphatic rings. The third-order valence-electron chi connectivity index (χ3n) is 3.83. The van der Waals surface area contributed by atoms with Gasteiger partial charge in [0.25, 0.3) is 0 Å². The van der Waals surface area contributed by atoms with Crippen LogP contribution in [0.3, 0.4) is 0 Å². The minimum Gasteiger partial charge on any atom is -0.340 e. The molecule has 0 aliphatic heterocycles. The highest BCUT2D eigenvalue weighted by Crippen LogP contribution is 2.25. The van der Waals surface area contributed by atoms with Gasteiger partial charge in [-0.05, 0) is 31.0 Å². The minimum absolute atomic E-state index is 0.0471. The van der Waals surface area contributed by atoms with Crippen LogP contribution in [0.15, 0.2) is 48.7 Å². The van der Waals surface area contributed by atoms with Crippen molar-refractivity contribution in [3.05, 3.63) is 71.2 Å². The van der Waals surface area contributed by atoms with Crippen molar-refractivity contribution in [1.29, 1.82) is 0 Å². The second-order valence-corrected chi connectivity index (χ2v) is 5.29. The molecule has 0 fully saturated rings. The second-order valence-electron chi connectivity index (χ2n) is 5.29. The summed E-state index contributed by atoms with van der Waals surface area (Å²) in [4.78, 5) is 11.8. The molecule has 0 radical (unpaired) electrons. The lowest BCUT2D eigenvalue weighted by atomic mass is 10.1. The minimum atomic E-state index is -0.298. The molecule has 0 N–H and O–H groups in total. The number of hydrogen-bond donors (Lipinski definition) is 0. The Morgan fingerprint density at radius 2 is 1.90 bits per heavy atom. The van der Waals surface area contributed by atoms with Gasteiger partial charge < -0.3 is 4.57 Å². The van der Waals surface area contributed by atoms with Crippen molar-refractivity contribution in [3.8, 4) is 0 Å². The van der Waals surface area contributed by atoms with E-state index in [1.54, 1.807) is 18.3 Å². The number of aromatic nitrogens is 1. The van der Waals surface area contributed by atoms with Crippen LogP contribution >= 0.6 is 0 Å². The molecule has 3 aromatic rings. The van der Waals surface area contributed by atoms with Crippen LogP contribution in [0, 0.1) is 12.7 Å². The Bertz CT molecular complexity index is 832. The Kier molecular flexibility index (Phi) is 3.34. The van der Waals surface area contributed by atoms with Crippen molar-refractivity contribution in [3.63, 3.8) is 0 Å². The molecule has 0 bridgehead atoms. The number of para-hydroxylation sites is 1. The Labute approximate surface area is 122 Å². The largest absolute Gasteiger partial charge is 0.340 e. The first-order chi connectivity index (χ1) is 10.1. The van der Waals surface area contributed by atoms with Crippen molar-refractivity contribution in [2.45, 2.75) is 20.4 Å². The molecule has 0 amide bonds. The first-order valence-electron chi connectivity index (χ1n) is 6.90. The van der Waals surface area contributed by atoms with E-state index in [0.717, 1.165) is 11.1 Å². The SMILES string of the molecule is CC(=O)c1cn(Cc2ccccc2C)c2c(F)cccc12. The van der Waals surface area contributed by atoms with Gasteiger partial charge in [-0.1, -0.05) is 36.4 Å². The lowest BCUT2D eigenvalue weighted by molar-refractivity contribution is 0.101. The highest BCUT2D eigenvalue weighted by molar-refractivity contribution is 6.07. The van der Waals surface area contributed by atoms with E-state index in [1.165, 1.54) is 13.0 Å². The topological polar surface area (TPSA) is 22.0 Å². The first-order valence-corrected chi connectivity index (χ1v) is 6.90. The predicted octanol–water partition coefficient (Wildman–Crippen LogP) is 4.34. The number of carbonyl (C=O) groups excluding carboxylic acids is 1. The highest BCUT2D eigenvalue weighted by atomic mass is 19.1. The number of ketones is 1. The van der Waals surface area contributed by atoms with Crippen LogP contribution in [0.5, 0.6) is 0 Å². The van der Waals surface area contributed by atoms with Crippen LogP contribution in [-0.4, -0.2) is 10.4 Å². The standard InChI is InChI=1S/C18H16FNO/c1-12-6-3-4-7-14(12)10-20-11-16(13(2)21)15-8-5-9-17(19)18(15)20/h3-9,11H,10H2,1-2H3. The molecule has 2 aromatic carbocycles. The molecule has 21 heavy (non-hydrogen) atoms. The average molecular weight is 281 g/mol. The normalized spacial score (nSPS) is 11.0. The smallest absolute Gasteiger partial charge is 0.161 e. The van der Waals surface area contributed by atoms with Crippen LogP contribution < -0.4 is 0 Å². The number of rotatable bonds is 3. The zero-order valence-electron chi connectivity index (χ0n) is 12.1. The van der Waals surface area contributed by atoms with E-state index < -0.39 is 0 Å². The van der Waals surface area contributed by atoms with Gasteiger partial charge in [0.15, 0.2) is 5.78 Å². The third-order valence-corrected chi connectivity index (χ3v) is 3.83. The number of aryl methyl sites for hydroxylation is 1. The number of carbonyl (C=O) groups is 1. The summed E-state index contributed by atoms with van der Waals surface area (Å²) in [5.41, 5.74) is 3.33. The molecule has 0 spiro atoms. The molecule has 0 saturated heterocycles. The summed E-state index contributed by atoms with van der Waals surface area (Å²) < 4.78 is 16.0. The van der Waals surface area contributed by atoms with Gasteiger partial charge in [0.05, 0.1) is 5.52 Å².